The molecule has 0 saturated heterocycles. The van der Waals surface area contributed by atoms with Gasteiger partial charge in [0.2, 0.25) is 0 Å². The van der Waals surface area contributed by atoms with Gasteiger partial charge in [0.15, 0.2) is 0 Å². The monoisotopic (exact) mass is 220 g/mol. The maximum atomic E-state index is 4.28. The predicted octanol–water partition coefficient (Wildman–Crippen LogP) is 1.87. The number of thiazole rings is 1. The van der Waals surface area contributed by atoms with Crippen LogP contribution in [-0.2, 0) is 6.42 Å². The first-order valence-corrected chi connectivity index (χ1v) is 5.56. The molecule has 0 aliphatic rings. The van der Waals surface area contributed by atoms with E-state index in [-0.39, 0.29) is 0 Å². The zero-order valence-corrected chi connectivity index (χ0v) is 9.51. The largest absolute Gasteiger partial charge is 0.373 e. The number of rotatable bonds is 3. The summed E-state index contributed by atoms with van der Waals surface area (Å²) in [5.74, 6) is 0.886. The van der Waals surface area contributed by atoms with E-state index in [9.17, 15) is 0 Å². The Bertz CT molecular complexity index is 439. The Morgan fingerprint density at radius 1 is 1.33 bits per heavy atom. The molecule has 2 rings (SSSR count). The van der Waals surface area contributed by atoms with E-state index in [1.807, 2.05) is 25.5 Å². The fourth-order valence-electron chi connectivity index (χ4n) is 1.40. The quantitative estimate of drug-likeness (QED) is 0.858. The van der Waals surface area contributed by atoms with Gasteiger partial charge >= 0.3 is 0 Å². The molecule has 5 heteroatoms. The number of nitrogens with one attached hydrogen (secondary N) is 1. The fraction of sp³-hybridized carbons (Fsp3) is 0.300. The molecule has 1 N–H and O–H groups in total. The molecule has 0 unspecified atom stereocenters. The van der Waals surface area contributed by atoms with Gasteiger partial charge in [0.05, 0.1) is 10.7 Å². The average Bonchev–Trinajstić information content (AvgIpc) is 2.74. The molecule has 78 valence electrons. The Balaban J connectivity index is 2.29. The molecule has 0 aliphatic heterocycles. The molecule has 2 aromatic heterocycles. The second kappa shape index (κ2) is 4.35. The van der Waals surface area contributed by atoms with Gasteiger partial charge in [0.1, 0.15) is 12.1 Å². The summed E-state index contributed by atoms with van der Waals surface area (Å²) in [5, 5.41) is 6.11. The van der Waals surface area contributed by atoms with Crippen molar-refractivity contribution in [2.24, 2.45) is 0 Å². The van der Waals surface area contributed by atoms with Gasteiger partial charge in [-0.25, -0.2) is 15.0 Å². The molecule has 0 spiro atoms. The number of nitrogens with zero attached hydrogens (tertiary/aromatic N) is 3. The molecule has 0 saturated carbocycles. The Kier molecular flexibility index (Phi) is 2.91. The third-order valence-corrected chi connectivity index (χ3v) is 3.01. The molecule has 4 nitrogen and oxygen atoms in total. The maximum Gasteiger partial charge on any atom is 0.132 e. The topological polar surface area (TPSA) is 50.7 Å². The van der Waals surface area contributed by atoms with Crippen molar-refractivity contribution in [2.45, 2.75) is 13.3 Å². The van der Waals surface area contributed by atoms with Gasteiger partial charge in [-0.1, -0.05) is 0 Å². The highest BCUT2D eigenvalue weighted by atomic mass is 32.1. The first-order valence-electron chi connectivity index (χ1n) is 4.68. The lowest BCUT2D eigenvalue weighted by atomic mass is 10.2. The molecule has 0 amide bonds. The number of anilines is 1. The van der Waals surface area contributed by atoms with Gasteiger partial charge in [-0.15, -0.1) is 11.3 Å². The van der Waals surface area contributed by atoms with Crippen molar-refractivity contribution in [1.82, 2.24) is 15.0 Å². The molecule has 0 radical (unpaired) electrons. The summed E-state index contributed by atoms with van der Waals surface area (Å²) >= 11 is 1.65. The van der Waals surface area contributed by atoms with Gasteiger partial charge < -0.3 is 5.32 Å². The highest BCUT2D eigenvalue weighted by Gasteiger charge is 2.07. The van der Waals surface area contributed by atoms with Gasteiger partial charge in [0, 0.05) is 30.6 Å². The molecule has 0 atom stereocenters. The molecule has 15 heavy (non-hydrogen) atoms. The molecular formula is C10H12N4S. The van der Waals surface area contributed by atoms with E-state index < -0.39 is 0 Å². The highest BCUT2D eigenvalue weighted by molar-refractivity contribution is 7.09. The lowest BCUT2D eigenvalue weighted by molar-refractivity contribution is 0.985. The number of aromatic nitrogens is 3. The first kappa shape index (κ1) is 10.0. The van der Waals surface area contributed by atoms with Gasteiger partial charge in [-0.2, -0.15) is 0 Å². The Morgan fingerprint density at radius 3 is 2.87 bits per heavy atom. The zero-order chi connectivity index (χ0) is 10.7. The molecule has 0 aliphatic carbocycles. The van der Waals surface area contributed by atoms with E-state index in [2.05, 4.69) is 20.3 Å². The Labute approximate surface area is 92.4 Å². The van der Waals surface area contributed by atoms with Crippen molar-refractivity contribution in [2.75, 3.05) is 12.4 Å². The third kappa shape index (κ3) is 2.12. The average molecular weight is 220 g/mol. The van der Waals surface area contributed by atoms with E-state index in [0.717, 1.165) is 28.5 Å². The summed E-state index contributed by atoms with van der Waals surface area (Å²) in [6.45, 7) is 2.02. The smallest absolute Gasteiger partial charge is 0.132 e. The maximum absolute atomic E-state index is 4.28. The lowest BCUT2D eigenvalue weighted by Gasteiger charge is -2.07. The van der Waals surface area contributed by atoms with Crippen LogP contribution in [0.25, 0.3) is 0 Å². The molecular weight excluding hydrogens is 208 g/mol. The Hall–Kier alpha value is -1.49. The van der Waals surface area contributed by atoms with E-state index in [0.29, 0.717) is 0 Å². The summed E-state index contributed by atoms with van der Waals surface area (Å²) in [6.07, 6.45) is 4.18. The van der Waals surface area contributed by atoms with Crippen molar-refractivity contribution in [3.8, 4) is 0 Å². The van der Waals surface area contributed by atoms with Crippen molar-refractivity contribution >= 4 is 17.2 Å². The second-order valence-electron chi connectivity index (χ2n) is 3.15. The normalized spacial score (nSPS) is 10.3. The summed E-state index contributed by atoms with van der Waals surface area (Å²) < 4.78 is 0. The minimum absolute atomic E-state index is 0.778. The molecule has 0 fully saturated rings. The van der Waals surface area contributed by atoms with Crippen LogP contribution < -0.4 is 5.32 Å². The number of hydrogen-bond donors (Lipinski definition) is 1. The first-order chi connectivity index (χ1) is 7.31. The standard InChI is InChI=1S/C10H12N4S/c1-7-8(5-9-12-3-4-15-9)13-6-14-10(7)11-2/h3-4,6H,5H2,1-2H3,(H,11,13,14). The summed E-state index contributed by atoms with van der Waals surface area (Å²) in [5.41, 5.74) is 2.12. The lowest BCUT2D eigenvalue weighted by Crippen LogP contribution is -2.02. The molecule has 2 heterocycles. The predicted molar refractivity (Wildman–Crippen MR) is 61.2 cm³/mol. The highest BCUT2D eigenvalue weighted by Crippen LogP contribution is 2.17. The second-order valence-corrected chi connectivity index (χ2v) is 4.13. The van der Waals surface area contributed by atoms with E-state index in [4.69, 9.17) is 0 Å². The molecule has 0 aromatic carbocycles. The van der Waals surface area contributed by atoms with Gasteiger partial charge in [-0.3, -0.25) is 0 Å². The van der Waals surface area contributed by atoms with E-state index >= 15 is 0 Å². The van der Waals surface area contributed by atoms with Crippen LogP contribution >= 0.6 is 11.3 Å². The SMILES string of the molecule is CNc1ncnc(Cc2nccs2)c1C. The van der Waals surface area contributed by atoms with E-state index in [1.54, 1.807) is 17.7 Å². The summed E-state index contributed by atoms with van der Waals surface area (Å²) in [6, 6.07) is 0. The van der Waals surface area contributed by atoms with Crippen LogP contribution in [0.4, 0.5) is 5.82 Å². The van der Waals surface area contributed by atoms with Gasteiger partial charge in [0.25, 0.3) is 0 Å². The zero-order valence-electron chi connectivity index (χ0n) is 8.69. The minimum atomic E-state index is 0.778. The van der Waals surface area contributed by atoms with Crippen LogP contribution in [-0.4, -0.2) is 22.0 Å². The number of hydrogen-bond acceptors (Lipinski definition) is 5. The van der Waals surface area contributed by atoms with Crippen LogP contribution in [0.1, 0.15) is 16.3 Å². The minimum Gasteiger partial charge on any atom is -0.373 e. The van der Waals surface area contributed by atoms with E-state index in [1.165, 1.54) is 0 Å². The van der Waals surface area contributed by atoms with Crippen molar-refractivity contribution in [1.29, 1.82) is 0 Å². The van der Waals surface area contributed by atoms with Crippen LogP contribution in [0.15, 0.2) is 17.9 Å². The van der Waals surface area contributed by atoms with Crippen molar-refractivity contribution in [3.05, 3.63) is 34.2 Å². The van der Waals surface area contributed by atoms with Gasteiger partial charge in [-0.05, 0) is 6.92 Å². The van der Waals surface area contributed by atoms with Crippen LogP contribution in [0.5, 0.6) is 0 Å². The van der Waals surface area contributed by atoms with Crippen LogP contribution in [0, 0.1) is 6.92 Å². The van der Waals surface area contributed by atoms with Crippen molar-refractivity contribution < 1.29 is 0 Å². The van der Waals surface area contributed by atoms with Crippen molar-refractivity contribution in [3.63, 3.8) is 0 Å². The molecule has 2 aromatic rings. The van der Waals surface area contributed by atoms with Crippen LogP contribution in [0.2, 0.25) is 0 Å². The fourth-order valence-corrected chi connectivity index (χ4v) is 2.02. The summed E-state index contributed by atoms with van der Waals surface area (Å²) in [4.78, 5) is 12.7. The Morgan fingerprint density at radius 2 is 2.20 bits per heavy atom. The van der Waals surface area contributed by atoms with Crippen LogP contribution in [0.3, 0.4) is 0 Å². The third-order valence-electron chi connectivity index (χ3n) is 2.23. The summed E-state index contributed by atoms with van der Waals surface area (Å²) in [7, 11) is 1.86. The molecule has 0 bridgehead atoms.